The van der Waals surface area contributed by atoms with Gasteiger partial charge in [-0.2, -0.15) is 0 Å². The molecule has 0 heterocycles. The topological polar surface area (TPSA) is 85.3 Å². The second-order valence-corrected chi connectivity index (χ2v) is 6.39. The maximum atomic E-state index is 12.3. The minimum absolute atomic E-state index is 0.0990. The van der Waals surface area contributed by atoms with Crippen molar-refractivity contribution < 1.29 is 28.9 Å². The van der Waals surface area contributed by atoms with Gasteiger partial charge in [0.05, 0.1) is 13.2 Å². The zero-order chi connectivity index (χ0) is 20.9. The zero-order valence-corrected chi connectivity index (χ0v) is 17.4. The van der Waals surface area contributed by atoms with E-state index in [0.29, 0.717) is 43.2 Å². The summed E-state index contributed by atoms with van der Waals surface area (Å²) in [4.78, 5) is 25.9. The summed E-state index contributed by atoms with van der Waals surface area (Å²) in [6, 6.07) is 4.72. The zero-order valence-electron chi connectivity index (χ0n) is 17.4. The van der Waals surface area contributed by atoms with Gasteiger partial charge in [0.1, 0.15) is 0 Å². The van der Waals surface area contributed by atoms with E-state index in [1.807, 2.05) is 27.7 Å². The normalized spacial score (nSPS) is 11.6. The molecular weight excluding hydrogens is 362 g/mol. The summed E-state index contributed by atoms with van der Waals surface area (Å²) < 4.78 is 16.4. The summed E-state index contributed by atoms with van der Waals surface area (Å²) in [5.74, 6) is -0.0244. The predicted molar refractivity (Wildman–Crippen MR) is 106 cm³/mol. The molecule has 0 radical (unpaired) electrons. The van der Waals surface area contributed by atoms with Crippen molar-refractivity contribution in [1.29, 1.82) is 0 Å². The first-order valence-electron chi connectivity index (χ1n) is 10.00. The number of hydrogen-bond donors (Lipinski definition) is 1. The van der Waals surface area contributed by atoms with E-state index in [0.717, 1.165) is 12.8 Å². The minimum Gasteiger partial charge on any atom is -0.490 e. The average molecular weight is 395 g/mol. The highest BCUT2D eigenvalue weighted by Gasteiger charge is 2.21. The molecule has 0 saturated heterocycles. The molecule has 7 heteroatoms. The van der Waals surface area contributed by atoms with Crippen LogP contribution in [0.15, 0.2) is 18.2 Å². The summed E-state index contributed by atoms with van der Waals surface area (Å²) in [5, 5.41) is 10.2. The van der Waals surface area contributed by atoms with Gasteiger partial charge < -0.3 is 24.2 Å². The fraction of sp³-hybridized carbons (Fsp3) is 0.619. The molecule has 1 aromatic rings. The lowest BCUT2D eigenvalue weighted by Gasteiger charge is -2.21. The lowest BCUT2D eigenvalue weighted by molar-refractivity contribution is -0.153. The van der Waals surface area contributed by atoms with E-state index in [9.17, 15) is 14.7 Å². The van der Waals surface area contributed by atoms with Crippen LogP contribution in [-0.2, 0) is 14.3 Å². The minimum atomic E-state index is -1.40. The maximum absolute atomic E-state index is 12.3. The van der Waals surface area contributed by atoms with E-state index in [2.05, 4.69) is 0 Å². The summed E-state index contributed by atoms with van der Waals surface area (Å²) >= 11 is 0. The van der Waals surface area contributed by atoms with Crippen LogP contribution in [0.25, 0.3) is 0 Å². The van der Waals surface area contributed by atoms with Gasteiger partial charge in [0.2, 0.25) is 0 Å². The highest BCUT2D eigenvalue weighted by Crippen LogP contribution is 2.31. The van der Waals surface area contributed by atoms with Crippen molar-refractivity contribution >= 4 is 11.9 Å². The Bertz CT molecular complexity index is 619. The molecule has 1 amide bonds. The number of likely N-dealkylation sites (N-methyl/N-ethyl adjacent to an activating group) is 1. The van der Waals surface area contributed by atoms with Crippen LogP contribution in [0.1, 0.15) is 58.6 Å². The van der Waals surface area contributed by atoms with E-state index < -0.39 is 12.1 Å². The number of nitrogens with zero attached hydrogens (tertiary/aromatic N) is 1. The van der Waals surface area contributed by atoms with Crippen LogP contribution in [0.5, 0.6) is 11.5 Å². The van der Waals surface area contributed by atoms with Gasteiger partial charge in [0.25, 0.3) is 5.91 Å². The van der Waals surface area contributed by atoms with Crippen LogP contribution in [0.3, 0.4) is 0 Å². The smallest absolute Gasteiger partial charge is 0.339 e. The van der Waals surface area contributed by atoms with Gasteiger partial charge in [-0.25, -0.2) is 4.79 Å². The van der Waals surface area contributed by atoms with Gasteiger partial charge in [0, 0.05) is 13.1 Å². The molecule has 0 spiro atoms. The number of amides is 1. The number of esters is 1. The Hall–Kier alpha value is -2.28. The molecule has 1 rings (SSSR count). The molecule has 28 heavy (non-hydrogen) atoms. The highest BCUT2D eigenvalue weighted by molar-refractivity contribution is 5.78. The molecule has 0 aliphatic rings. The quantitative estimate of drug-likeness (QED) is 0.517. The summed E-state index contributed by atoms with van der Waals surface area (Å²) in [6.45, 7) is 9.70. The summed E-state index contributed by atoms with van der Waals surface area (Å²) in [5.41, 5.74) is 0.354. The van der Waals surface area contributed by atoms with Crippen molar-refractivity contribution in [2.75, 3.05) is 32.9 Å². The molecule has 158 valence electrons. The van der Waals surface area contributed by atoms with Gasteiger partial charge in [-0.15, -0.1) is 0 Å². The molecule has 1 N–H and O–H groups in total. The Labute approximate surface area is 167 Å². The van der Waals surface area contributed by atoms with Gasteiger partial charge in [-0.3, -0.25) is 4.79 Å². The lowest BCUT2D eigenvalue weighted by Crippen LogP contribution is -2.35. The Morgan fingerprint density at radius 2 is 1.71 bits per heavy atom. The first kappa shape index (κ1) is 23.8. The Morgan fingerprint density at radius 3 is 2.32 bits per heavy atom. The third-order valence-corrected chi connectivity index (χ3v) is 4.00. The number of aliphatic hydroxyl groups excluding tert-OH is 1. The maximum Gasteiger partial charge on any atom is 0.339 e. The second kappa shape index (κ2) is 13.0. The van der Waals surface area contributed by atoms with Crippen molar-refractivity contribution in [2.24, 2.45) is 0 Å². The van der Waals surface area contributed by atoms with Crippen molar-refractivity contribution in [3.8, 4) is 11.5 Å². The lowest BCUT2D eigenvalue weighted by atomic mass is 10.1. The van der Waals surface area contributed by atoms with Crippen LogP contribution >= 0.6 is 0 Å². The van der Waals surface area contributed by atoms with Crippen LogP contribution in [0.4, 0.5) is 0 Å². The van der Waals surface area contributed by atoms with Crippen LogP contribution in [0.2, 0.25) is 0 Å². The van der Waals surface area contributed by atoms with E-state index in [4.69, 9.17) is 14.2 Å². The fourth-order valence-electron chi connectivity index (χ4n) is 2.52. The highest BCUT2D eigenvalue weighted by atomic mass is 16.5. The molecule has 0 aliphatic carbocycles. The number of aliphatic hydroxyl groups is 1. The van der Waals surface area contributed by atoms with Gasteiger partial charge in [-0.1, -0.05) is 26.8 Å². The van der Waals surface area contributed by atoms with Gasteiger partial charge in [-0.05, 0) is 43.9 Å². The number of rotatable bonds is 13. The van der Waals surface area contributed by atoms with Crippen molar-refractivity contribution in [3.05, 3.63) is 23.8 Å². The van der Waals surface area contributed by atoms with Crippen LogP contribution < -0.4 is 9.47 Å². The SMILES string of the molecule is CCCOC(=O)C(O)c1ccc(OCC(=O)N(CC)CCC)c(OCCC)c1. The molecule has 1 atom stereocenters. The first-order chi connectivity index (χ1) is 13.5. The fourth-order valence-corrected chi connectivity index (χ4v) is 2.52. The van der Waals surface area contributed by atoms with E-state index in [-0.39, 0.29) is 19.1 Å². The molecule has 0 saturated carbocycles. The van der Waals surface area contributed by atoms with Crippen LogP contribution in [-0.4, -0.2) is 54.8 Å². The molecule has 7 nitrogen and oxygen atoms in total. The second-order valence-electron chi connectivity index (χ2n) is 6.39. The molecular formula is C21H33NO6. The standard InChI is InChI=1S/C21H33NO6/c1-5-11-22(8-4)19(23)15-28-17-10-9-16(14-18(17)26-12-6-2)20(24)21(25)27-13-7-3/h9-10,14,20,24H,5-8,11-13,15H2,1-4H3. The number of hydrogen-bond acceptors (Lipinski definition) is 6. The van der Waals surface area contributed by atoms with E-state index in [1.54, 1.807) is 23.1 Å². The monoisotopic (exact) mass is 395 g/mol. The molecule has 0 aromatic heterocycles. The van der Waals surface area contributed by atoms with E-state index >= 15 is 0 Å². The molecule has 0 aliphatic heterocycles. The Kier molecular flexibility index (Phi) is 11.0. The Balaban J connectivity index is 2.90. The third-order valence-electron chi connectivity index (χ3n) is 4.00. The average Bonchev–Trinajstić information content (AvgIpc) is 2.72. The number of benzene rings is 1. The first-order valence-corrected chi connectivity index (χ1v) is 10.00. The Morgan fingerprint density at radius 1 is 1.00 bits per heavy atom. The van der Waals surface area contributed by atoms with Crippen molar-refractivity contribution in [3.63, 3.8) is 0 Å². The summed E-state index contributed by atoms with van der Waals surface area (Å²) in [7, 11) is 0. The van der Waals surface area contributed by atoms with Crippen molar-refractivity contribution in [1.82, 2.24) is 4.90 Å². The number of carbonyl (C=O) groups excluding carboxylic acids is 2. The number of ether oxygens (including phenoxy) is 3. The van der Waals surface area contributed by atoms with E-state index in [1.165, 1.54) is 0 Å². The number of carbonyl (C=O) groups is 2. The molecule has 0 fully saturated rings. The molecule has 0 bridgehead atoms. The van der Waals surface area contributed by atoms with Crippen molar-refractivity contribution in [2.45, 2.75) is 53.1 Å². The summed E-state index contributed by atoms with van der Waals surface area (Å²) in [6.07, 6.45) is 0.942. The third kappa shape index (κ3) is 7.38. The van der Waals surface area contributed by atoms with Gasteiger partial charge in [0.15, 0.2) is 24.2 Å². The van der Waals surface area contributed by atoms with Gasteiger partial charge >= 0.3 is 5.97 Å². The predicted octanol–water partition coefficient (Wildman–Crippen LogP) is 3.10. The van der Waals surface area contributed by atoms with Crippen LogP contribution in [0, 0.1) is 0 Å². The molecule has 1 unspecified atom stereocenters. The largest absolute Gasteiger partial charge is 0.490 e. The molecule has 1 aromatic carbocycles.